The number of carboxylic acid groups (broad SMARTS) is 1. The molecule has 106 valence electrons. The molecule has 1 aromatic rings. The van der Waals surface area contributed by atoms with E-state index in [1.54, 1.807) is 24.3 Å². The summed E-state index contributed by atoms with van der Waals surface area (Å²) in [6.45, 7) is 1.42. The second-order valence-electron chi connectivity index (χ2n) is 4.48. The number of amides is 1. The zero-order chi connectivity index (χ0) is 13.3. The summed E-state index contributed by atoms with van der Waals surface area (Å²) in [4.78, 5) is 31.2. The van der Waals surface area contributed by atoms with Crippen molar-refractivity contribution in [2.45, 2.75) is 31.5 Å². The Bertz CT molecular complexity index is 451. The molecular weight excluding hydrogens is 272 g/mol. The summed E-state index contributed by atoms with van der Waals surface area (Å²) < 4.78 is 0. The average molecular weight is 289 g/mol. The summed E-state index contributed by atoms with van der Waals surface area (Å²) in [6.07, 6.45) is 3.38. The molecule has 1 aromatic heterocycles. The van der Waals surface area contributed by atoms with Crippen LogP contribution in [0.2, 0.25) is 0 Å². The number of aromatic nitrogens is 2. The third kappa shape index (κ3) is 3.05. The highest BCUT2D eigenvalue weighted by Crippen LogP contribution is 2.33. The van der Waals surface area contributed by atoms with Gasteiger partial charge in [0.25, 0.3) is 0 Å². The minimum absolute atomic E-state index is 0. The van der Waals surface area contributed by atoms with E-state index < -0.39 is 12.0 Å². The molecule has 3 N–H and O–H groups in total. The first-order valence-corrected chi connectivity index (χ1v) is 5.72. The van der Waals surface area contributed by atoms with Crippen molar-refractivity contribution in [2.75, 3.05) is 7.05 Å². The summed E-state index contributed by atoms with van der Waals surface area (Å²) in [5.41, 5.74) is 0. The van der Waals surface area contributed by atoms with E-state index >= 15 is 0 Å². The van der Waals surface area contributed by atoms with Crippen LogP contribution in [0.15, 0.2) is 12.4 Å². The first kappa shape index (κ1) is 15.5. The molecule has 0 aromatic carbocycles. The van der Waals surface area contributed by atoms with Crippen LogP contribution in [0.25, 0.3) is 0 Å². The Labute approximate surface area is 116 Å². The van der Waals surface area contributed by atoms with Crippen LogP contribution in [0.5, 0.6) is 0 Å². The summed E-state index contributed by atoms with van der Waals surface area (Å²) in [7, 11) is 1.70. The largest absolute Gasteiger partial charge is 0.480 e. The van der Waals surface area contributed by atoms with Crippen LogP contribution in [-0.2, 0) is 9.59 Å². The van der Waals surface area contributed by atoms with Gasteiger partial charge in [-0.05, 0) is 13.5 Å². The van der Waals surface area contributed by atoms with Crippen molar-refractivity contribution < 1.29 is 14.7 Å². The number of imidazole rings is 1. The Balaban J connectivity index is 0.00000180. The standard InChI is InChI=1S/C11H16N4O3.ClH/c1-6(16)14-10-7(9-12-3-4-13-9)5-8(11(17)18)15(10)2;/h3-4,7-8,10H,5H2,1-2H3,(H,12,13)(H,14,16)(H,17,18);1H/t7-,8+,10+;/m0./s1. The van der Waals surface area contributed by atoms with Gasteiger partial charge in [-0.1, -0.05) is 0 Å². The van der Waals surface area contributed by atoms with Gasteiger partial charge in [-0.3, -0.25) is 14.5 Å². The number of nitrogens with zero attached hydrogens (tertiary/aromatic N) is 2. The number of hydrogen-bond donors (Lipinski definition) is 3. The van der Waals surface area contributed by atoms with Gasteiger partial charge in [-0.15, -0.1) is 12.4 Å². The Kier molecular flexibility index (Phi) is 4.90. The maximum Gasteiger partial charge on any atom is 0.320 e. The zero-order valence-electron chi connectivity index (χ0n) is 10.7. The second-order valence-corrected chi connectivity index (χ2v) is 4.48. The molecule has 7 nitrogen and oxygen atoms in total. The minimum Gasteiger partial charge on any atom is -0.480 e. The smallest absolute Gasteiger partial charge is 0.320 e. The number of aliphatic carboxylic acids is 1. The van der Waals surface area contributed by atoms with Gasteiger partial charge in [0.15, 0.2) is 0 Å². The fraction of sp³-hybridized carbons (Fsp3) is 0.545. The van der Waals surface area contributed by atoms with Crippen molar-refractivity contribution >= 4 is 24.3 Å². The molecule has 19 heavy (non-hydrogen) atoms. The average Bonchev–Trinajstić information content (AvgIpc) is 2.87. The first-order valence-electron chi connectivity index (χ1n) is 5.72. The van der Waals surface area contributed by atoms with Gasteiger partial charge < -0.3 is 15.4 Å². The number of likely N-dealkylation sites (N-methyl/N-ethyl adjacent to an activating group) is 1. The number of H-pyrrole nitrogens is 1. The van der Waals surface area contributed by atoms with Crippen LogP contribution < -0.4 is 5.32 Å². The lowest BCUT2D eigenvalue weighted by atomic mass is 10.0. The molecule has 1 aliphatic rings. The molecule has 3 atom stereocenters. The van der Waals surface area contributed by atoms with E-state index in [2.05, 4.69) is 15.3 Å². The third-order valence-corrected chi connectivity index (χ3v) is 3.30. The van der Waals surface area contributed by atoms with Crippen molar-refractivity contribution in [1.82, 2.24) is 20.2 Å². The molecular formula is C11H17ClN4O3. The Morgan fingerprint density at radius 3 is 2.74 bits per heavy atom. The van der Waals surface area contributed by atoms with Gasteiger partial charge in [0.1, 0.15) is 11.9 Å². The zero-order valence-corrected chi connectivity index (χ0v) is 11.5. The van der Waals surface area contributed by atoms with Crippen LogP contribution >= 0.6 is 12.4 Å². The lowest BCUT2D eigenvalue weighted by Crippen LogP contribution is -2.48. The quantitative estimate of drug-likeness (QED) is 0.736. The molecule has 0 unspecified atom stereocenters. The van der Waals surface area contributed by atoms with E-state index in [0.717, 1.165) is 0 Å². The highest BCUT2D eigenvalue weighted by Gasteiger charge is 2.44. The number of carboxylic acids is 1. The number of aromatic amines is 1. The summed E-state index contributed by atoms with van der Waals surface area (Å²) in [6, 6.07) is -0.614. The lowest BCUT2D eigenvalue weighted by molar-refractivity contribution is -0.142. The SMILES string of the molecule is CC(=O)N[C@H]1[C@H](c2ncc[nH]2)C[C@H](C(=O)O)N1C.Cl. The van der Waals surface area contributed by atoms with E-state index in [9.17, 15) is 9.59 Å². The number of nitrogens with one attached hydrogen (secondary N) is 2. The normalized spacial score (nSPS) is 26.7. The molecule has 1 amide bonds. The first-order chi connectivity index (χ1) is 8.50. The van der Waals surface area contributed by atoms with E-state index in [1.165, 1.54) is 6.92 Å². The monoisotopic (exact) mass is 288 g/mol. The second kappa shape index (κ2) is 6.03. The van der Waals surface area contributed by atoms with Crippen LogP contribution in [-0.4, -0.2) is 51.1 Å². The molecule has 0 aliphatic carbocycles. The van der Waals surface area contributed by atoms with Crippen LogP contribution in [0.3, 0.4) is 0 Å². The Morgan fingerprint density at radius 1 is 1.58 bits per heavy atom. The van der Waals surface area contributed by atoms with Gasteiger partial charge in [0, 0.05) is 19.3 Å². The Hall–Kier alpha value is -1.60. The summed E-state index contributed by atoms with van der Waals surface area (Å²) >= 11 is 0. The molecule has 1 aliphatic heterocycles. The van der Waals surface area contributed by atoms with Gasteiger partial charge in [0.05, 0.1) is 12.1 Å². The number of rotatable bonds is 3. The Morgan fingerprint density at radius 2 is 2.26 bits per heavy atom. The highest BCUT2D eigenvalue weighted by atomic mass is 35.5. The molecule has 0 radical (unpaired) electrons. The predicted molar refractivity (Wildman–Crippen MR) is 70.0 cm³/mol. The van der Waals surface area contributed by atoms with Crippen molar-refractivity contribution in [3.05, 3.63) is 18.2 Å². The maximum atomic E-state index is 11.2. The number of likely N-dealkylation sites (tertiary alicyclic amines) is 1. The van der Waals surface area contributed by atoms with Gasteiger partial charge in [-0.25, -0.2) is 4.98 Å². The van der Waals surface area contributed by atoms with E-state index in [4.69, 9.17) is 5.11 Å². The summed E-state index contributed by atoms with van der Waals surface area (Å²) in [5, 5.41) is 11.9. The highest BCUT2D eigenvalue weighted by molar-refractivity contribution is 5.85. The van der Waals surface area contributed by atoms with E-state index in [0.29, 0.717) is 12.2 Å². The number of carbonyl (C=O) groups is 2. The molecule has 8 heteroatoms. The predicted octanol–water partition coefficient (Wildman–Crippen LogP) is 0.166. The van der Waals surface area contributed by atoms with Crippen LogP contribution in [0.4, 0.5) is 0 Å². The lowest BCUT2D eigenvalue weighted by Gasteiger charge is -2.26. The van der Waals surface area contributed by atoms with Gasteiger partial charge in [0.2, 0.25) is 5.91 Å². The van der Waals surface area contributed by atoms with Crippen molar-refractivity contribution in [3.8, 4) is 0 Å². The van der Waals surface area contributed by atoms with Crippen LogP contribution in [0.1, 0.15) is 25.1 Å². The molecule has 1 fully saturated rings. The summed E-state index contributed by atoms with van der Waals surface area (Å²) in [5.74, 6) is -0.518. The number of halogens is 1. The molecule has 0 saturated carbocycles. The van der Waals surface area contributed by atoms with Crippen molar-refractivity contribution in [3.63, 3.8) is 0 Å². The third-order valence-electron chi connectivity index (χ3n) is 3.30. The van der Waals surface area contributed by atoms with Gasteiger partial charge in [-0.2, -0.15) is 0 Å². The molecule has 2 heterocycles. The minimum atomic E-state index is -0.887. The fourth-order valence-corrected chi connectivity index (χ4v) is 2.44. The number of hydrogen-bond acceptors (Lipinski definition) is 4. The van der Waals surface area contributed by atoms with Crippen LogP contribution in [0, 0.1) is 0 Å². The van der Waals surface area contributed by atoms with Gasteiger partial charge >= 0.3 is 5.97 Å². The van der Waals surface area contributed by atoms with Crippen molar-refractivity contribution in [2.24, 2.45) is 0 Å². The molecule has 1 saturated heterocycles. The van der Waals surface area contributed by atoms with Crippen molar-refractivity contribution in [1.29, 1.82) is 0 Å². The molecule has 2 rings (SSSR count). The topological polar surface area (TPSA) is 98.3 Å². The maximum absolute atomic E-state index is 11.2. The fourth-order valence-electron chi connectivity index (χ4n) is 2.44. The van der Waals surface area contributed by atoms with E-state index in [-0.39, 0.29) is 30.4 Å². The molecule has 0 bridgehead atoms. The van der Waals surface area contributed by atoms with E-state index in [1.807, 2.05) is 0 Å². The molecule has 0 spiro atoms. The number of carbonyl (C=O) groups excluding carboxylic acids is 1.